The van der Waals surface area contributed by atoms with E-state index in [2.05, 4.69) is 5.32 Å². The fourth-order valence-corrected chi connectivity index (χ4v) is 4.92. The van der Waals surface area contributed by atoms with Crippen LogP contribution in [0.5, 0.6) is 0 Å². The number of esters is 1. The van der Waals surface area contributed by atoms with Gasteiger partial charge in [-0.3, -0.25) is 4.79 Å². The molecule has 0 aliphatic heterocycles. The maximum absolute atomic E-state index is 13.4. The van der Waals surface area contributed by atoms with Crippen LogP contribution in [0.2, 0.25) is 0 Å². The van der Waals surface area contributed by atoms with E-state index in [9.17, 15) is 18.0 Å². The second-order valence-electron chi connectivity index (χ2n) is 8.08. The normalized spacial score (nSPS) is 13.7. The molecule has 0 spiro atoms. The largest absolute Gasteiger partial charge is 0.468 e. The zero-order chi connectivity index (χ0) is 23.1. The molecule has 168 valence electrons. The van der Waals surface area contributed by atoms with Crippen molar-refractivity contribution in [3.63, 3.8) is 0 Å². The van der Waals surface area contributed by atoms with Gasteiger partial charge in [-0.25, -0.2) is 13.2 Å². The van der Waals surface area contributed by atoms with Crippen LogP contribution < -0.4 is 5.32 Å². The van der Waals surface area contributed by atoms with Gasteiger partial charge >= 0.3 is 12.1 Å². The molecule has 0 saturated heterocycles. The highest BCUT2D eigenvalue weighted by Gasteiger charge is 2.42. The van der Waals surface area contributed by atoms with Crippen LogP contribution in [-0.4, -0.2) is 44.5 Å². The molecule has 0 bridgehead atoms. The number of aryl methyl sites for hydroxylation is 1. The molecule has 0 aromatic heterocycles. The van der Waals surface area contributed by atoms with Gasteiger partial charge in [0.1, 0.15) is 5.60 Å². The summed E-state index contributed by atoms with van der Waals surface area (Å²) in [5.41, 5.74) is 0.159. The quantitative estimate of drug-likeness (QED) is 0.622. The average molecular weight is 448 g/mol. The number of ether oxygens (including phenoxy) is 2. The summed E-state index contributed by atoms with van der Waals surface area (Å²) < 4.78 is 36.8. The summed E-state index contributed by atoms with van der Waals surface area (Å²) in [5.74, 6) is -0.946. The Morgan fingerprint density at radius 3 is 2.03 bits per heavy atom. The molecule has 1 unspecified atom stereocenters. The van der Waals surface area contributed by atoms with Gasteiger partial charge in [0, 0.05) is 0 Å². The monoisotopic (exact) mass is 447 g/mol. The Balaban J connectivity index is 2.41. The maximum atomic E-state index is 13.4. The van der Waals surface area contributed by atoms with Crippen LogP contribution in [0.1, 0.15) is 32.8 Å². The zero-order valence-electron chi connectivity index (χ0n) is 18.2. The van der Waals surface area contributed by atoms with Crippen molar-refractivity contribution in [3.8, 4) is 0 Å². The Morgan fingerprint density at radius 2 is 1.52 bits per heavy atom. The van der Waals surface area contributed by atoms with E-state index in [-0.39, 0.29) is 11.3 Å². The van der Waals surface area contributed by atoms with Crippen molar-refractivity contribution in [2.75, 3.05) is 7.11 Å². The molecule has 8 heteroatoms. The third-order valence-electron chi connectivity index (χ3n) is 4.49. The van der Waals surface area contributed by atoms with Crippen molar-refractivity contribution in [1.82, 2.24) is 5.32 Å². The van der Waals surface area contributed by atoms with Crippen molar-refractivity contribution >= 4 is 21.9 Å². The zero-order valence-corrected chi connectivity index (χ0v) is 19.0. The fraction of sp³-hybridized carbons (Fsp3) is 0.391. The van der Waals surface area contributed by atoms with E-state index in [1.807, 2.05) is 30.3 Å². The molecule has 2 aromatic rings. The predicted molar refractivity (Wildman–Crippen MR) is 117 cm³/mol. The van der Waals surface area contributed by atoms with Crippen LogP contribution >= 0.6 is 0 Å². The Hall–Kier alpha value is -2.87. The third-order valence-corrected chi connectivity index (χ3v) is 6.61. The van der Waals surface area contributed by atoms with Gasteiger partial charge in [-0.15, -0.1) is 0 Å². The van der Waals surface area contributed by atoms with E-state index in [1.165, 1.54) is 12.1 Å². The molecule has 2 aromatic carbocycles. The van der Waals surface area contributed by atoms with Crippen molar-refractivity contribution in [3.05, 3.63) is 66.2 Å². The predicted octanol–water partition coefficient (Wildman–Crippen LogP) is 3.53. The number of carbonyl (C=O) groups is 2. The molecular formula is C23H29NO6S. The summed E-state index contributed by atoms with van der Waals surface area (Å²) >= 11 is 0. The van der Waals surface area contributed by atoms with Crippen LogP contribution in [0.25, 0.3) is 0 Å². The first-order valence-electron chi connectivity index (χ1n) is 9.95. The summed E-state index contributed by atoms with van der Waals surface area (Å²) in [7, 11) is -3.03. The highest BCUT2D eigenvalue weighted by atomic mass is 32.2. The van der Waals surface area contributed by atoms with E-state index in [1.54, 1.807) is 39.0 Å². The Morgan fingerprint density at radius 1 is 0.968 bits per heavy atom. The Kier molecular flexibility index (Phi) is 8.21. The minimum absolute atomic E-state index is 0.0268. The average Bonchev–Trinajstić information content (AvgIpc) is 2.71. The number of hydrogen-bond donors (Lipinski definition) is 1. The van der Waals surface area contributed by atoms with E-state index in [0.29, 0.717) is 6.42 Å². The molecule has 0 heterocycles. The van der Waals surface area contributed by atoms with E-state index < -0.39 is 38.8 Å². The van der Waals surface area contributed by atoms with Crippen molar-refractivity contribution in [2.24, 2.45) is 0 Å². The number of carbonyl (C=O) groups excluding carboxylic acids is 2. The Bertz CT molecular complexity index is 968. The van der Waals surface area contributed by atoms with Gasteiger partial charge in [0.05, 0.1) is 18.0 Å². The van der Waals surface area contributed by atoms with Gasteiger partial charge in [-0.2, -0.15) is 0 Å². The topological polar surface area (TPSA) is 98.8 Å². The molecule has 2 atom stereocenters. The molecule has 0 aliphatic rings. The van der Waals surface area contributed by atoms with E-state index >= 15 is 0 Å². The van der Waals surface area contributed by atoms with Gasteiger partial charge in [0.2, 0.25) is 0 Å². The molecule has 2 rings (SSSR count). The van der Waals surface area contributed by atoms with Crippen molar-refractivity contribution < 1.29 is 27.5 Å². The third kappa shape index (κ3) is 7.10. The van der Waals surface area contributed by atoms with Gasteiger partial charge in [-0.05, 0) is 51.3 Å². The number of benzene rings is 2. The first-order chi connectivity index (χ1) is 14.5. The lowest BCUT2D eigenvalue weighted by Crippen LogP contribution is -2.52. The van der Waals surface area contributed by atoms with Crippen LogP contribution in [0, 0.1) is 0 Å². The van der Waals surface area contributed by atoms with Crippen molar-refractivity contribution in [2.45, 2.75) is 55.4 Å². The van der Waals surface area contributed by atoms with Gasteiger partial charge in [-0.1, -0.05) is 48.5 Å². The number of alkyl carbamates (subject to hydrolysis) is 1. The highest BCUT2D eigenvalue weighted by molar-refractivity contribution is 7.92. The molecule has 0 saturated carbocycles. The van der Waals surface area contributed by atoms with Crippen LogP contribution in [0.4, 0.5) is 4.79 Å². The maximum Gasteiger partial charge on any atom is 0.407 e. The molecule has 31 heavy (non-hydrogen) atoms. The van der Waals surface area contributed by atoms with E-state index in [4.69, 9.17) is 9.47 Å². The standard InChI is InChI=1S/C23H29NO6S/c1-23(2,3)30-22(26)24-19(16-15-17-11-7-5-8-12-17)20(21(25)29-4)31(27,28)18-13-9-6-10-14-18/h5-14,19-20H,15-16H2,1-4H3,(H,24,26)/t19-,20?/m0/s1. The summed E-state index contributed by atoms with van der Waals surface area (Å²) in [6, 6.07) is 16.0. The molecule has 1 amide bonds. The van der Waals surface area contributed by atoms with Gasteiger partial charge in [0.15, 0.2) is 15.1 Å². The van der Waals surface area contributed by atoms with E-state index in [0.717, 1.165) is 12.7 Å². The Labute approximate surface area is 183 Å². The van der Waals surface area contributed by atoms with Crippen LogP contribution in [0.3, 0.4) is 0 Å². The minimum atomic E-state index is -4.15. The number of amides is 1. The summed E-state index contributed by atoms with van der Waals surface area (Å²) in [5, 5.41) is 0.965. The molecular weight excluding hydrogens is 418 g/mol. The van der Waals surface area contributed by atoms with Gasteiger partial charge < -0.3 is 14.8 Å². The minimum Gasteiger partial charge on any atom is -0.468 e. The lowest BCUT2D eigenvalue weighted by molar-refractivity contribution is -0.140. The molecule has 1 N–H and O–H groups in total. The lowest BCUT2D eigenvalue weighted by atomic mass is 10.0. The number of rotatable bonds is 8. The number of hydrogen-bond acceptors (Lipinski definition) is 6. The molecule has 7 nitrogen and oxygen atoms in total. The number of sulfone groups is 1. The first-order valence-corrected chi connectivity index (χ1v) is 11.5. The van der Waals surface area contributed by atoms with Crippen LogP contribution in [0.15, 0.2) is 65.6 Å². The second-order valence-corrected chi connectivity index (χ2v) is 10.1. The summed E-state index contributed by atoms with van der Waals surface area (Å²) in [4.78, 5) is 25.1. The number of methoxy groups -OCH3 is 1. The summed E-state index contributed by atoms with van der Waals surface area (Å²) in [6.45, 7) is 5.10. The highest BCUT2D eigenvalue weighted by Crippen LogP contribution is 2.23. The van der Waals surface area contributed by atoms with Crippen LogP contribution in [-0.2, 0) is 30.5 Å². The summed E-state index contributed by atoms with van der Waals surface area (Å²) in [6.07, 6.45) is -0.170. The fourth-order valence-electron chi connectivity index (χ4n) is 3.11. The molecule has 0 radical (unpaired) electrons. The SMILES string of the molecule is COC(=O)C([C@H](CCc1ccccc1)NC(=O)OC(C)(C)C)S(=O)(=O)c1ccccc1. The molecule has 0 fully saturated rings. The first kappa shape index (κ1) is 24.4. The molecule has 0 aliphatic carbocycles. The van der Waals surface area contributed by atoms with Gasteiger partial charge in [0.25, 0.3) is 0 Å². The lowest BCUT2D eigenvalue weighted by Gasteiger charge is -2.28. The van der Waals surface area contributed by atoms with Crippen molar-refractivity contribution in [1.29, 1.82) is 0 Å². The number of nitrogens with one attached hydrogen (secondary N) is 1. The smallest absolute Gasteiger partial charge is 0.407 e. The second kappa shape index (κ2) is 10.4.